The predicted molar refractivity (Wildman–Crippen MR) is 132 cm³/mol. The molecule has 4 heterocycles. The first-order valence-corrected chi connectivity index (χ1v) is 12.1. The lowest BCUT2D eigenvalue weighted by Gasteiger charge is -2.26. The van der Waals surface area contributed by atoms with E-state index in [2.05, 4.69) is 15.2 Å². The molecule has 0 spiro atoms. The highest BCUT2D eigenvalue weighted by Crippen LogP contribution is 2.33. The van der Waals surface area contributed by atoms with E-state index in [1.807, 2.05) is 13.0 Å². The zero-order chi connectivity index (χ0) is 22.5. The van der Waals surface area contributed by atoms with Gasteiger partial charge in [-0.1, -0.05) is 37.0 Å². The molecule has 2 saturated heterocycles. The van der Waals surface area contributed by atoms with Gasteiger partial charge in [-0.3, -0.25) is 23.8 Å². The Morgan fingerprint density at radius 3 is 2.84 bits per heavy atom. The second-order valence-corrected chi connectivity index (χ2v) is 9.35. The van der Waals surface area contributed by atoms with Gasteiger partial charge in [0.25, 0.3) is 11.5 Å². The average molecular weight is 474 g/mol. The highest BCUT2D eigenvalue weighted by atomic mass is 32.2. The zero-order valence-corrected chi connectivity index (χ0v) is 19.7. The van der Waals surface area contributed by atoms with Crippen molar-refractivity contribution in [2.75, 3.05) is 51.3 Å². The quantitative estimate of drug-likeness (QED) is 0.356. The minimum Gasteiger partial charge on any atom is -0.379 e. The topological polar surface area (TPSA) is 79.2 Å². The first-order chi connectivity index (χ1) is 15.6. The first kappa shape index (κ1) is 22.9. The molecule has 0 saturated carbocycles. The number of nitrogens with one attached hydrogen (secondary N) is 1. The van der Waals surface area contributed by atoms with Crippen LogP contribution in [-0.4, -0.2) is 75.3 Å². The summed E-state index contributed by atoms with van der Waals surface area (Å²) in [4.78, 5) is 35.2. The molecular formula is C22H27N5O3S2. The van der Waals surface area contributed by atoms with E-state index >= 15 is 0 Å². The van der Waals surface area contributed by atoms with Gasteiger partial charge in [0.05, 0.1) is 23.7 Å². The molecule has 8 nitrogen and oxygen atoms in total. The molecule has 0 bridgehead atoms. The van der Waals surface area contributed by atoms with Gasteiger partial charge < -0.3 is 10.1 Å². The van der Waals surface area contributed by atoms with Gasteiger partial charge in [0.1, 0.15) is 15.8 Å². The Morgan fingerprint density at radius 2 is 2.06 bits per heavy atom. The van der Waals surface area contributed by atoms with Crippen LogP contribution >= 0.6 is 24.0 Å². The minimum atomic E-state index is -0.216. The van der Waals surface area contributed by atoms with Crippen LogP contribution in [0.25, 0.3) is 11.7 Å². The number of carbonyl (C=O) groups is 1. The number of ether oxygens (including phenoxy) is 1. The Morgan fingerprint density at radius 1 is 1.25 bits per heavy atom. The molecule has 0 aliphatic carbocycles. The molecule has 1 N–H and O–H groups in total. The third-order valence-corrected chi connectivity index (χ3v) is 6.79. The SMILES string of the molecule is CCCN1C(=O)/C(=C/c2c(NCCCN3CCOCC3)nc3ccccn3c2=O)SC1=S. The van der Waals surface area contributed by atoms with Crippen LogP contribution in [0.1, 0.15) is 25.3 Å². The highest BCUT2D eigenvalue weighted by Gasteiger charge is 2.32. The number of carbonyl (C=O) groups excluding carboxylic acids is 1. The van der Waals surface area contributed by atoms with Gasteiger partial charge in [-0.25, -0.2) is 4.98 Å². The number of hydrogen-bond acceptors (Lipinski definition) is 8. The Bertz CT molecular complexity index is 1090. The van der Waals surface area contributed by atoms with Gasteiger partial charge in [0, 0.05) is 32.4 Å². The van der Waals surface area contributed by atoms with E-state index in [1.165, 1.54) is 16.2 Å². The maximum Gasteiger partial charge on any atom is 0.267 e. The van der Waals surface area contributed by atoms with E-state index in [0.717, 1.165) is 45.7 Å². The number of thiocarbonyl (C=S) groups is 1. The van der Waals surface area contributed by atoms with E-state index in [0.29, 0.717) is 39.3 Å². The fourth-order valence-corrected chi connectivity index (χ4v) is 5.04. The van der Waals surface area contributed by atoms with Crippen LogP contribution in [0.4, 0.5) is 5.82 Å². The molecule has 2 aromatic rings. The lowest BCUT2D eigenvalue weighted by Crippen LogP contribution is -2.37. The minimum absolute atomic E-state index is 0.155. The van der Waals surface area contributed by atoms with Crippen molar-refractivity contribution < 1.29 is 9.53 Å². The standard InChI is InChI=1S/C22H27N5O3S2/c1-2-8-27-21(29)17(32-22(27)31)15-16-19(23-7-5-9-25-11-13-30-14-12-25)24-18-6-3-4-10-26(18)20(16)28/h3-4,6,10,15,23H,2,5,7-9,11-14H2,1H3/b17-15-. The molecule has 10 heteroatoms. The van der Waals surface area contributed by atoms with Crippen LogP contribution in [0, 0.1) is 0 Å². The Balaban J connectivity index is 1.59. The van der Waals surface area contributed by atoms with E-state index in [9.17, 15) is 9.59 Å². The molecule has 1 amide bonds. The van der Waals surface area contributed by atoms with E-state index in [4.69, 9.17) is 17.0 Å². The molecule has 0 unspecified atom stereocenters. The maximum atomic E-state index is 13.3. The molecule has 2 aromatic heterocycles. The Labute approximate surface area is 196 Å². The number of pyridine rings is 1. The van der Waals surface area contributed by atoms with Crippen molar-refractivity contribution >= 4 is 51.7 Å². The Kier molecular flexibility index (Phi) is 7.56. The van der Waals surface area contributed by atoms with Crippen LogP contribution in [0.5, 0.6) is 0 Å². The molecule has 170 valence electrons. The summed E-state index contributed by atoms with van der Waals surface area (Å²) in [6.07, 6.45) is 5.05. The lowest BCUT2D eigenvalue weighted by molar-refractivity contribution is -0.122. The van der Waals surface area contributed by atoms with Crippen molar-refractivity contribution in [1.29, 1.82) is 0 Å². The summed E-state index contributed by atoms with van der Waals surface area (Å²) >= 11 is 6.60. The zero-order valence-electron chi connectivity index (χ0n) is 18.1. The Hall–Kier alpha value is -2.27. The van der Waals surface area contributed by atoms with Crippen LogP contribution in [0.3, 0.4) is 0 Å². The van der Waals surface area contributed by atoms with Crippen molar-refractivity contribution in [3.63, 3.8) is 0 Å². The van der Waals surface area contributed by atoms with Gasteiger partial charge >= 0.3 is 0 Å². The van der Waals surface area contributed by atoms with Crippen molar-refractivity contribution in [1.82, 2.24) is 19.2 Å². The monoisotopic (exact) mass is 473 g/mol. The van der Waals surface area contributed by atoms with Gasteiger partial charge in [-0.2, -0.15) is 0 Å². The fraction of sp³-hybridized carbons (Fsp3) is 0.455. The van der Waals surface area contributed by atoms with Crippen molar-refractivity contribution in [2.24, 2.45) is 0 Å². The number of fused-ring (bicyclic) bond motifs is 1. The lowest BCUT2D eigenvalue weighted by atomic mass is 10.2. The number of thioether (sulfide) groups is 1. The third kappa shape index (κ3) is 5.03. The van der Waals surface area contributed by atoms with Crippen LogP contribution in [-0.2, 0) is 9.53 Å². The maximum absolute atomic E-state index is 13.3. The van der Waals surface area contributed by atoms with E-state index < -0.39 is 0 Å². The van der Waals surface area contributed by atoms with Crippen LogP contribution in [0.2, 0.25) is 0 Å². The number of aromatic nitrogens is 2. The number of anilines is 1. The molecule has 0 radical (unpaired) electrons. The second kappa shape index (κ2) is 10.6. The number of rotatable bonds is 8. The number of hydrogen-bond donors (Lipinski definition) is 1. The van der Waals surface area contributed by atoms with Gasteiger partial charge in [0.2, 0.25) is 0 Å². The first-order valence-electron chi connectivity index (χ1n) is 10.9. The van der Waals surface area contributed by atoms with Crippen LogP contribution in [0.15, 0.2) is 34.1 Å². The van der Waals surface area contributed by atoms with E-state index in [-0.39, 0.29) is 11.5 Å². The summed E-state index contributed by atoms with van der Waals surface area (Å²) in [6, 6.07) is 5.43. The second-order valence-electron chi connectivity index (χ2n) is 7.68. The molecule has 4 rings (SSSR count). The van der Waals surface area contributed by atoms with Gasteiger partial charge in [-0.05, 0) is 37.6 Å². The van der Waals surface area contributed by atoms with Gasteiger partial charge in [-0.15, -0.1) is 0 Å². The molecule has 2 aliphatic heterocycles. The summed E-state index contributed by atoms with van der Waals surface area (Å²) in [5, 5.41) is 3.33. The van der Waals surface area contributed by atoms with Crippen molar-refractivity contribution in [3.8, 4) is 0 Å². The van der Waals surface area contributed by atoms with Gasteiger partial charge in [0.15, 0.2) is 0 Å². The average Bonchev–Trinajstić information content (AvgIpc) is 3.07. The highest BCUT2D eigenvalue weighted by molar-refractivity contribution is 8.26. The summed E-state index contributed by atoms with van der Waals surface area (Å²) in [7, 11) is 0. The normalized spacial score (nSPS) is 18.8. The molecule has 0 aromatic carbocycles. The summed E-state index contributed by atoms with van der Waals surface area (Å²) in [6.45, 7) is 7.64. The smallest absolute Gasteiger partial charge is 0.267 e. The van der Waals surface area contributed by atoms with Crippen molar-refractivity contribution in [2.45, 2.75) is 19.8 Å². The summed E-state index contributed by atoms with van der Waals surface area (Å²) < 4.78 is 7.42. The predicted octanol–water partition coefficient (Wildman–Crippen LogP) is 2.44. The summed E-state index contributed by atoms with van der Waals surface area (Å²) in [5.74, 6) is 0.335. The van der Waals surface area contributed by atoms with Crippen molar-refractivity contribution in [3.05, 3.63) is 45.2 Å². The molecule has 32 heavy (non-hydrogen) atoms. The largest absolute Gasteiger partial charge is 0.379 e. The number of nitrogens with zero attached hydrogens (tertiary/aromatic N) is 4. The molecule has 0 atom stereocenters. The molecule has 2 aliphatic rings. The third-order valence-electron chi connectivity index (χ3n) is 5.41. The van der Waals surface area contributed by atoms with Crippen LogP contribution < -0.4 is 10.9 Å². The molecular weight excluding hydrogens is 446 g/mol. The number of amides is 1. The number of morpholine rings is 1. The molecule has 2 fully saturated rings. The summed E-state index contributed by atoms with van der Waals surface area (Å²) in [5.41, 5.74) is 0.716. The van der Waals surface area contributed by atoms with E-state index in [1.54, 1.807) is 29.3 Å². The fourth-order valence-electron chi connectivity index (χ4n) is 3.75.